The summed E-state index contributed by atoms with van der Waals surface area (Å²) >= 11 is 0. The fraction of sp³-hybridized carbons (Fsp3) is 0.190. The van der Waals surface area contributed by atoms with Crippen molar-refractivity contribution in [1.29, 1.82) is 0 Å². The fourth-order valence-corrected chi connectivity index (χ4v) is 3.20. The zero-order chi connectivity index (χ0) is 24.7. The van der Waals surface area contributed by atoms with Gasteiger partial charge in [-0.1, -0.05) is 0 Å². The molecule has 0 amide bonds. The van der Waals surface area contributed by atoms with Gasteiger partial charge in [-0.2, -0.15) is 26.3 Å². The summed E-state index contributed by atoms with van der Waals surface area (Å²) in [4.78, 5) is 28.2. The Morgan fingerprint density at radius 2 is 1.44 bits per heavy atom. The van der Waals surface area contributed by atoms with E-state index in [1.807, 2.05) is 0 Å². The number of halogens is 6. The van der Waals surface area contributed by atoms with Gasteiger partial charge in [0, 0.05) is 23.5 Å². The van der Waals surface area contributed by atoms with Gasteiger partial charge in [0.25, 0.3) is 5.56 Å². The molecule has 0 radical (unpaired) electrons. The maximum atomic E-state index is 12.9. The Morgan fingerprint density at radius 3 is 1.94 bits per heavy atom. The Hall–Kier alpha value is -3.87. The smallest absolute Gasteiger partial charge is 0.395 e. The zero-order valence-corrected chi connectivity index (χ0v) is 16.9. The highest BCUT2D eigenvalue weighted by Crippen LogP contribution is 2.33. The average molecular weight is 481 g/mol. The normalized spacial score (nSPS) is 12.3. The van der Waals surface area contributed by atoms with Crippen LogP contribution in [-0.4, -0.2) is 36.2 Å². The Labute approximate surface area is 186 Å². The molecule has 176 valence electrons. The summed E-state index contributed by atoms with van der Waals surface area (Å²) < 4.78 is 78.4. The number of pyridine rings is 3. The van der Waals surface area contributed by atoms with Crippen LogP contribution in [0, 0.1) is 0 Å². The highest BCUT2D eigenvalue weighted by Gasteiger charge is 2.33. The molecule has 0 aliphatic heterocycles. The number of hydrogen-bond acceptors (Lipinski definition) is 6. The summed E-state index contributed by atoms with van der Waals surface area (Å²) in [6, 6.07) is 4.99. The molecule has 7 nitrogen and oxygen atoms in total. The van der Waals surface area contributed by atoms with Gasteiger partial charge >= 0.3 is 12.4 Å². The van der Waals surface area contributed by atoms with Crippen LogP contribution in [0.25, 0.3) is 33.4 Å². The molecule has 0 aliphatic rings. The summed E-state index contributed by atoms with van der Waals surface area (Å²) in [7, 11) is 0. The predicted octanol–water partition coefficient (Wildman–Crippen LogP) is 3.95. The van der Waals surface area contributed by atoms with Crippen molar-refractivity contribution < 1.29 is 31.4 Å². The monoisotopic (exact) mass is 481 g/mol. The van der Waals surface area contributed by atoms with Gasteiger partial charge in [0.05, 0.1) is 36.3 Å². The third-order valence-electron chi connectivity index (χ3n) is 4.83. The number of nitrogens with zero attached hydrogens (tertiary/aromatic N) is 5. The molecule has 13 heteroatoms. The number of aliphatic hydroxyl groups is 1. The van der Waals surface area contributed by atoms with Gasteiger partial charge in [0.1, 0.15) is 16.9 Å². The molecule has 0 atom stereocenters. The van der Waals surface area contributed by atoms with Gasteiger partial charge in [0.15, 0.2) is 0 Å². The van der Waals surface area contributed by atoms with E-state index in [2.05, 4.69) is 19.9 Å². The molecule has 0 aliphatic carbocycles. The minimum Gasteiger partial charge on any atom is -0.395 e. The van der Waals surface area contributed by atoms with E-state index in [4.69, 9.17) is 5.11 Å². The van der Waals surface area contributed by atoms with Crippen LogP contribution in [0.15, 0.2) is 53.8 Å². The van der Waals surface area contributed by atoms with E-state index >= 15 is 0 Å². The van der Waals surface area contributed by atoms with Crippen molar-refractivity contribution >= 4 is 10.9 Å². The molecule has 0 unspecified atom stereocenters. The van der Waals surface area contributed by atoms with Gasteiger partial charge in [-0.05, 0) is 30.3 Å². The first-order valence-corrected chi connectivity index (χ1v) is 9.57. The minimum absolute atomic E-state index is 0.00173. The second kappa shape index (κ2) is 8.48. The molecule has 0 fully saturated rings. The van der Waals surface area contributed by atoms with Crippen LogP contribution in [0.5, 0.6) is 0 Å². The highest BCUT2D eigenvalue weighted by molar-refractivity contribution is 5.93. The lowest BCUT2D eigenvalue weighted by atomic mass is 10.1. The molecule has 4 rings (SSSR count). The molecule has 0 aromatic carbocycles. The van der Waals surface area contributed by atoms with Crippen LogP contribution in [0.1, 0.15) is 11.4 Å². The topological polar surface area (TPSA) is 93.8 Å². The first kappa shape index (κ1) is 23.3. The number of hydrogen-bond donors (Lipinski definition) is 1. The van der Waals surface area contributed by atoms with E-state index in [1.54, 1.807) is 0 Å². The Morgan fingerprint density at radius 1 is 0.853 bits per heavy atom. The number of alkyl halides is 6. The number of rotatable bonds is 4. The molecule has 0 bridgehead atoms. The van der Waals surface area contributed by atoms with Gasteiger partial charge in [-0.25, -0.2) is 9.97 Å². The van der Waals surface area contributed by atoms with E-state index < -0.39 is 29.3 Å². The third-order valence-corrected chi connectivity index (χ3v) is 4.83. The van der Waals surface area contributed by atoms with Crippen LogP contribution in [-0.2, 0) is 18.9 Å². The van der Waals surface area contributed by atoms with Crippen molar-refractivity contribution in [3.8, 4) is 22.5 Å². The fourth-order valence-electron chi connectivity index (χ4n) is 3.20. The van der Waals surface area contributed by atoms with E-state index in [0.29, 0.717) is 0 Å². The SMILES string of the molecule is O=c1c2cc(-c3ccc(C(F)(F)F)nc3)nc(-c3ccc(C(F)(F)F)nc3)c2ncn1CCO. The lowest BCUT2D eigenvalue weighted by Gasteiger charge is -2.12. The summed E-state index contributed by atoms with van der Waals surface area (Å²) in [5.41, 5.74) is -2.52. The maximum Gasteiger partial charge on any atom is 0.433 e. The summed E-state index contributed by atoms with van der Waals surface area (Å²) in [5, 5.41) is 9.16. The Balaban J connectivity index is 1.94. The number of aromatic nitrogens is 5. The van der Waals surface area contributed by atoms with Crippen molar-refractivity contribution in [1.82, 2.24) is 24.5 Å². The van der Waals surface area contributed by atoms with Crippen molar-refractivity contribution in [3.05, 3.63) is 70.8 Å². The van der Waals surface area contributed by atoms with Crippen molar-refractivity contribution in [2.24, 2.45) is 0 Å². The number of aliphatic hydroxyl groups excluding tert-OH is 1. The van der Waals surface area contributed by atoms with Crippen LogP contribution in [0.3, 0.4) is 0 Å². The molecule has 4 aromatic heterocycles. The van der Waals surface area contributed by atoms with E-state index in [0.717, 1.165) is 47.6 Å². The molecule has 0 saturated heterocycles. The van der Waals surface area contributed by atoms with Gasteiger partial charge in [-0.15, -0.1) is 0 Å². The third kappa shape index (κ3) is 4.46. The van der Waals surface area contributed by atoms with Crippen LogP contribution >= 0.6 is 0 Å². The van der Waals surface area contributed by atoms with Crippen LogP contribution in [0.2, 0.25) is 0 Å². The Kier molecular flexibility index (Phi) is 5.81. The summed E-state index contributed by atoms with van der Waals surface area (Å²) in [5.74, 6) is 0. The standard InChI is InChI=1S/C21H13F6N5O2/c22-20(23,24)15-3-1-11(8-28-15)14-7-13-18(30-10-32(5-6-33)19(13)34)17(31-14)12-2-4-16(29-9-12)21(25,26)27/h1-4,7-10,33H,5-6H2. The van der Waals surface area contributed by atoms with E-state index in [1.165, 1.54) is 6.07 Å². The summed E-state index contributed by atoms with van der Waals surface area (Å²) in [6.45, 7) is -0.429. The van der Waals surface area contributed by atoms with E-state index in [-0.39, 0.29) is 46.6 Å². The maximum absolute atomic E-state index is 12.9. The molecule has 0 saturated carbocycles. The lowest BCUT2D eigenvalue weighted by Crippen LogP contribution is -2.22. The second-order valence-electron chi connectivity index (χ2n) is 7.08. The van der Waals surface area contributed by atoms with Crippen molar-refractivity contribution in [3.63, 3.8) is 0 Å². The van der Waals surface area contributed by atoms with Crippen molar-refractivity contribution in [2.75, 3.05) is 6.61 Å². The van der Waals surface area contributed by atoms with Gasteiger partial charge in [0.2, 0.25) is 0 Å². The van der Waals surface area contributed by atoms with E-state index in [9.17, 15) is 31.1 Å². The first-order chi connectivity index (χ1) is 16.0. The minimum atomic E-state index is -4.67. The lowest BCUT2D eigenvalue weighted by molar-refractivity contribution is -0.141. The quantitative estimate of drug-likeness (QED) is 0.444. The van der Waals surface area contributed by atoms with Gasteiger partial charge in [-0.3, -0.25) is 19.3 Å². The molecule has 4 aromatic rings. The highest BCUT2D eigenvalue weighted by atomic mass is 19.4. The first-order valence-electron chi connectivity index (χ1n) is 9.57. The predicted molar refractivity (Wildman–Crippen MR) is 107 cm³/mol. The summed E-state index contributed by atoms with van der Waals surface area (Å²) in [6.07, 6.45) is -6.33. The van der Waals surface area contributed by atoms with Crippen LogP contribution < -0.4 is 5.56 Å². The van der Waals surface area contributed by atoms with Crippen molar-refractivity contribution in [2.45, 2.75) is 18.9 Å². The molecular formula is C21H13F6N5O2. The molecule has 0 spiro atoms. The van der Waals surface area contributed by atoms with Gasteiger partial charge < -0.3 is 5.11 Å². The molecule has 4 heterocycles. The largest absolute Gasteiger partial charge is 0.433 e. The molecule has 34 heavy (non-hydrogen) atoms. The zero-order valence-electron chi connectivity index (χ0n) is 16.9. The average Bonchev–Trinajstić information content (AvgIpc) is 2.79. The number of fused-ring (bicyclic) bond motifs is 1. The second-order valence-corrected chi connectivity index (χ2v) is 7.08. The molecular weight excluding hydrogens is 468 g/mol. The Bertz CT molecular complexity index is 1400. The molecule has 1 N–H and O–H groups in total. The van der Waals surface area contributed by atoms with Crippen LogP contribution in [0.4, 0.5) is 26.3 Å².